The van der Waals surface area contributed by atoms with Crippen molar-refractivity contribution in [1.29, 1.82) is 0 Å². The molecule has 0 aromatic heterocycles. The smallest absolute Gasteiger partial charge is 0.0603 e. The monoisotopic (exact) mass is 403 g/mol. The SMILES string of the molecule is CCNC(C)c1cc(Br)ccc1Sc1ccc(Cl)c(Cl)c1. The maximum absolute atomic E-state index is 6.09. The number of hydrogen-bond acceptors (Lipinski definition) is 2. The summed E-state index contributed by atoms with van der Waals surface area (Å²) < 4.78 is 1.08. The van der Waals surface area contributed by atoms with Gasteiger partial charge in [0.1, 0.15) is 0 Å². The number of nitrogens with one attached hydrogen (secondary N) is 1. The van der Waals surface area contributed by atoms with Crippen molar-refractivity contribution in [3.8, 4) is 0 Å². The molecule has 0 amide bonds. The van der Waals surface area contributed by atoms with Gasteiger partial charge in [-0.05, 0) is 55.4 Å². The van der Waals surface area contributed by atoms with Crippen LogP contribution in [-0.2, 0) is 0 Å². The van der Waals surface area contributed by atoms with E-state index in [1.54, 1.807) is 11.8 Å². The van der Waals surface area contributed by atoms with Crippen LogP contribution in [0.5, 0.6) is 0 Å². The van der Waals surface area contributed by atoms with Crippen molar-refractivity contribution >= 4 is 50.9 Å². The largest absolute Gasteiger partial charge is 0.310 e. The van der Waals surface area contributed by atoms with Gasteiger partial charge in [0.15, 0.2) is 0 Å². The van der Waals surface area contributed by atoms with Crippen LogP contribution < -0.4 is 5.32 Å². The van der Waals surface area contributed by atoms with Crippen LogP contribution in [0.2, 0.25) is 10.0 Å². The Morgan fingerprint density at radius 2 is 1.90 bits per heavy atom. The van der Waals surface area contributed by atoms with Crippen molar-refractivity contribution in [2.45, 2.75) is 29.7 Å². The van der Waals surface area contributed by atoms with Gasteiger partial charge in [-0.15, -0.1) is 0 Å². The molecule has 0 bridgehead atoms. The van der Waals surface area contributed by atoms with Crippen LogP contribution >= 0.6 is 50.9 Å². The van der Waals surface area contributed by atoms with Gasteiger partial charge >= 0.3 is 0 Å². The Bertz CT molecular complexity index is 634. The van der Waals surface area contributed by atoms with E-state index < -0.39 is 0 Å². The highest BCUT2D eigenvalue weighted by molar-refractivity contribution is 9.10. The van der Waals surface area contributed by atoms with Gasteiger partial charge in [-0.1, -0.05) is 57.8 Å². The Morgan fingerprint density at radius 3 is 2.57 bits per heavy atom. The van der Waals surface area contributed by atoms with Crippen LogP contribution in [-0.4, -0.2) is 6.54 Å². The van der Waals surface area contributed by atoms with E-state index in [1.807, 2.05) is 18.2 Å². The van der Waals surface area contributed by atoms with Gasteiger partial charge in [0.05, 0.1) is 10.0 Å². The normalized spacial score (nSPS) is 12.4. The molecular formula is C16H16BrCl2NS. The van der Waals surface area contributed by atoms with E-state index in [2.05, 4.69) is 53.3 Å². The second kappa shape index (κ2) is 7.89. The first-order valence-electron chi connectivity index (χ1n) is 6.67. The molecule has 1 nitrogen and oxygen atoms in total. The summed E-state index contributed by atoms with van der Waals surface area (Å²) in [5.41, 5.74) is 1.27. The van der Waals surface area contributed by atoms with Crippen LogP contribution in [0, 0.1) is 0 Å². The fraction of sp³-hybridized carbons (Fsp3) is 0.250. The third kappa shape index (κ3) is 4.64. The summed E-state index contributed by atoms with van der Waals surface area (Å²) >= 11 is 17.3. The molecule has 21 heavy (non-hydrogen) atoms. The molecule has 0 aliphatic carbocycles. The molecular weight excluding hydrogens is 389 g/mol. The molecule has 5 heteroatoms. The summed E-state index contributed by atoms with van der Waals surface area (Å²) in [7, 11) is 0. The average Bonchev–Trinajstić information content (AvgIpc) is 2.45. The quantitative estimate of drug-likeness (QED) is 0.603. The van der Waals surface area contributed by atoms with Crippen molar-refractivity contribution in [2.24, 2.45) is 0 Å². The molecule has 0 saturated heterocycles. The van der Waals surface area contributed by atoms with Crippen LogP contribution in [0.3, 0.4) is 0 Å². The van der Waals surface area contributed by atoms with Gasteiger partial charge in [0, 0.05) is 20.3 Å². The Hall–Kier alpha value is -0.190. The highest BCUT2D eigenvalue weighted by Crippen LogP contribution is 2.37. The molecule has 0 saturated carbocycles. The lowest BCUT2D eigenvalue weighted by atomic mass is 10.1. The van der Waals surface area contributed by atoms with Crippen LogP contribution in [0.1, 0.15) is 25.5 Å². The molecule has 0 heterocycles. The highest BCUT2D eigenvalue weighted by atomic mass is 79.9. The lowest BCUT2D eigenvalue weighted by Gasteiger charge is -2.17. The molecule has 2 rings (SSSR count). The lowest BCUT2D eigenvalue weighted by Crippen LogP contribution is -2.18. The van der Waals surface area contributed by atoms with Crippen molar-refractivity contribution < 1.29 is 0 Å². The second-order valence-corrected chi connectivity index (χ2v) is 7.48. The summed E-state index contributed by atoms with van der Waals surface area (Å²) in [5, 5.41) is 4.62. The van der Waals surface area contributed by atoms with E-state index in [0.29, 0.717) is 10.0 Å². The zero-order valence-corrected chi connectivity index (χ0v) is 15.7. The van der Waals surface area contributed by atoms with Gasteiger partial charge in [-0.25, -0.2) is 0 Å². The minimum Gasteiger partial charge on any atom is -0.310 e. The molecule has 0 spiro atoms. The van der Waals surface area contributed by atoms with E-state index in [-0.39, 0.29) is 6.04 Å². The molecule has 2 aromatic carbocycles. The molecule has 0 aliphatic rings. The molecule has 0 fully saturated rings. The predicted octanol–water partition coefficient (Wildman–Crippen LogP) is 6.58. The number of halogens is 3. The van der Waals surface area contributed by atoms with Crippen LogP contribution in [0.4, 0.5) is 0 Å². The lowest BCUT2D eigenvalue weighted by molar-refractivity contribution is 0.589. The summed E-state index contributed by atoms with van der Waals surface area (Å²) in [5.74, 6) is 0. The molecule has 1 unspecified atom stereocenters. The number of benzene rings is 2. The fourth-order valence-corrected chi connectivity index (χ4v) is 3.83. The molecule has 0 aliphatic heterocycles. The Kier molecular flexibility index (Phi) is 6.45. The van der Waals surface area contributed by atoms with Crippen molar-refractivity contribution in [3.63, 3.8) is 0 Å². The second-order valence-electron chi connectivity index (χ2n) is 4.64. The molecule has 2 aromatic rings. The zero-order valence-electron chi connectivity index (χ0n) is 11.8. The minimum atomic E-state index is 0.290. The van der Waals surface area contributed by atoms with Gasteiger partial charge in [-0.2, -0.15) is 0 Å². The first-order valence-corrected chi connectivity index (χ1v) is 9.03. The predicted molar refractivity (Wildman–Crippen MR) is 96.8 cm³/mol. The Morgan fingerprint density at radius 1 is 1.14 bits per heavy atom. The van der Waals surface area contributed by atoms with Crippen molar-refractivity contribution in [2.75, 3.05) is 6.54 Å². The van der Waals surface area contributed by atoms with Crippen LogP contribution in [0.15, 0.2) is 50.7 Å². The number of rotatable bonds is 5. The zero-order chi connectivity index (χ0) is 15.4. The van der Waals surface area contributed by atoms with Crippen LogP contribution in [0.25, 0.3) is 0 Å². The standard InChI is InChI=1S/C16H16BrCl2NS/c1-3-20-10(2)13-8-11(17)4-7-16(13)21-12-5-6-14(18)15(19)9-12/h4-10,20H,3H2,1-2H3. The third-order valence-electron chi connectivity index (χ3n) is 3.07. The summed E-state index contributed by atoms with van der Waals surface area (Å²) in [6, 6.07) is 12.4. The molecule has 1 N–H and O–H groups in total. The Labute approximate surface area is 148 Å². The average molecular weight is 405 g/mol. The fourth-order valence-electron chi connectivity index (χ4n) is 2.03. The van der Waals surface area contributed by atoms with E-state index in [0.717, 1.165) is 15.9 Å². The third-order valence-corrected chi connectivity index (χ3v) is 5.38. The topological polar surface area (TPSA) is 12.0 Å². The maximum Gasteiger partial charge on any atom is 0.0603 e. The molecule has 112 valence electrons. The van der Waals surface area contributed by atoms with Gasteiger partial charge < -0.3 is 5.32 Å². The summed E-state index contributed by atoms with van der Waals surface area (Å²) in [6.45, 7) is 5.22. The first-order chi connectivity index (χ1) is 10.0. The molecule has 0 radical (unpaired) electrons. The van der Waals surface area contributed by atoms with E-state index in [1.165, 1.54) is 10.5 Å². The summed E-state index contributed by atoms with van der Waals surface area (Å²) in [6.07, 6.45) is 0. The van der Waals surface area contributed by atoms with Crippen molar-refractivity contribution in [3.05, 3.63) is 56.5 Å². The Balaban J connectivity index is 2.32. The van der Waals surface area contributed by atoms with Gasteiger partial charge in [0.25, 0.3) is 0 Å². The van der Waals surface area contributed by atoms with Crippen molar-refractivity contribution in [1.82, 2.24) is 5.32 Å². The van der Waals surface area contributed by atoms with E-state index in [9.17, 15) is 0 Å². The molecule has 1 atom stereocenters. The maximum atomic E-state index is 6.09. The van der Waals surface area contributed by atoms with Gasteiger partial charge in [-0.3, -0.25) is 0 Å². The number of hydrogen-bond donors (Lipinski definition) is 1. The first kappa shape index (κ1) is 17.2. The summed E-state index contributed by atoms with van der Waals surface area (Å²) in [4.78, 5) is 2.29. The van der Waals surface area contributed by atoms with E-state index in [4.69, 9.17) is 23.2 Å². The van der Waals surface area contributed by atoms with Gasteiger partial charge in [0.2, 0.25) is 0 Å². The van der Waals surface area contributed by atoms with E-state index >= 15 is 0 Å². The highest BCUT2D eigenvalue weighted by Gasteiger charge is 2.12. The minimum absolute atomic E-state index is 0.290.